The molecule has 3 atom stereocenters. The number of carbonyl (C=O) groups excluding carboxylic acids is 1. The SMILES string of the molecule is CCC[C@@H](CO[N+](=O)[O-])N(C(=O)O)[C@H]1NC(=O)SC1Cc1ccccc1. The molecule has 1 saturated heterocycles. The topological polar surface area (TPSA) is 122 Å². The van der Waals surface area contributed by atoms with Gasteiger partial charge in [-0.2, -0.15) is 0 Å². The van der Waals surface area contributed by atoms with Crippen LogP contribution in [-0.4, -0.2) is 50.5 Å². The van der Waals surface area contributed by atoms with Gasteiger partial charge in [0.1, 0.15) is 12.8 Å². The molecule has 2 rings (SSSR count). The van der Waals surface area contributed by atoms with E-state index in [2.05, 4.69) is 10.2 Å². The minimum absolute atomic E-state index is 0.312. The van der Waals surface area contributed by atoms with E-state index in [-0.39, 0.29) is 17.1 Å². The largest absolute Gasteiger partial charge is 0.465 e. The van der Waals surface area contributed by atoms with Gasteiger partial charge in [-0.1, -0.05) is 55.4 Å². The maximum absolute atomic E-state index is 11.9. The minimum Gasteiger partial charge on any atom is -0.465 e. The Hall–Kier alpha value is -2.49. The summed E-state index contributed by atoms with van der Waals surface area (Å²) in [5.41, 5.74) is 0.977. The van der Waals surface area contributed by atoms with E-state index in [9.17, 15) is 24.8 Å². The summed E-state index contributed by atoms with van der Waals surface area (Å²) in [6, 6.07) is 8.71. The number of carboxylic acid groups (broad SMARTS) is 1. The quantitative estimate of drug-likeness (QED) is 0.496. The second kappa shape index (κ2) is 9.27. The van der Waals surface area contributed by atoms with E-state index in [1.165, 1.54) is 0 Å². The highest BCUT2D eigenvalue weighted by molar-refractivity contribution is 8.14. The van der Waals surface area contributed by atoms with Crippen LogP contribution < -0.4 is 5.32 Å². The third-order valence-electron chi connectivity index (χ3n) is 4.06. The lowest BCUT2D eigenvalue weighted by Gasteiger charge is -2.35. The Labute approximate surface area is 154 Å². The fraction of sp³-hybridized carbons (Fsp3) is 0.500. The van der Waals surface area contributed by atoms with Gasteiger partial charge in [0.15, 0.2) is 0 Å². The van der Waals surface area contributed by atoms with Crippen LogP contribution in [0, 0.1) is 10.1 Å². The van der Waals surface area contributed by atoms with E-state index in [0.29, 0.717) is 19.3 Å². The molecule has 1 aromatic carbocycles. The molecule has 9 nitrogen and oxygen atoms in total. The molecule has 2 amide bonds. The molecule has 26 heavy (non-hydrogen) atoms. The highest BCUT2D eigenvalue weighted by atomic mass is 32.2. The number of nitrogens with zero attached hydrogens (tertiary/aromatic N) is 2. The summed E-state index contributed by atoms with van der Waals surface area (Å²) in [6.45, 7) is 1.48. The summed E-state index contributed by atoms with van der Waals surface area (Å²) in [4.78, 5) is 39.8. The summed E-state index contributed by atoms with van der Waals surface area (Å²) in [6.07, 6.45) is -0.534. The molecule has 1 aliphatic rings. The first kappa shape index (κ1) is 19.8. The van der Waals surface area contributed by atoms with Crippen molar-refractivity contribution in [3.63, 3.8) is 0 Å². The van der Waals surface area contributed by atoms with Crippen molar-refractivity contribution in [1.82, 2.24) is 10.2 Å². The molecule has 0 radical (unpaired) electrons. The smallest absolute Gasteiger partial charge is 0.409 e. The first-order chi connectivity index (χ1) is 12.4. The van der Waals surface area contributed by atoms with Crippen LogP contribution in [0.4, 0.5) is 9.59 Å². The van der Waals surface area contributed by atoms with E-state index in [4.69, 9.17) is 0 Å². The minimum atomic E-state index is -1.25. The average molecular weight is 383 g/mol. The normalized spacial score (nSPS) is 20.3. The molecule has 0 aromatic heterocycles. The molecule has 1 aromatic rings. The maximum atomic E-state index is 11.9. The number of amides is 2. The first-order valence-electron chi connectivity index (χ1n) is 8.22. The molecule has 0 spiro atoms. The van der Waals surface area contributed by atoms with Crippen LogP contribution in [0.3, 0.4) is 0 Å². The lowest BCUT2D eigenvalue weighted by Crippen LogP contribution is -2.56. The van der Waals surface area contributed by atoms with Gasteiger partial charge in [0.05, 0.1) is 11.3 Å². The zero-order valence-electron chi connectivity index (χ0n) is 14.2. The van der Waals surface area contributed by atoms with Gasteiger partial charge < -0.3 is 15.3 Å². The van der Waals surface area contributed by atoms with E-state index in [1.807, 2.05) is 37.3 Å². The number of hydrogen-bond acceptors (Lipinski definition) is 6. The molecule has 1 unspecified atom stereocenters. The van der Waals surface area contributed by atoms with Gasteiger partial charge in [-0.25, -0.2) is 4.79 Å². The molecule has 0 saturated carbocycles. The Morgan fingerprint density at radius 3 is 2.73 bits per heavy atom. The van der Waals surface area contributed by atoms with Crippen LogP contribution in [0.1, 0.15) is 25.3 Å². The van der Waals surface area contributed by atoms with Crippen molar-refractivity contribution in [2.45, 2.75) is 43.6 Å². The summed E-state index contributed by atoms with van der Waals surface area (Å²) < 4.78 is 0. The zero-order chi connectivity index (χ0) is 19.1. The number of carbonyl (C=O) groups is 2. The molecule has 10 heteroatoms. The number of rotatable bonds is 9. The van der Waals surface area contributed by atoms with Gasteiger partial charge in [0.25, 0.3) is 10.3 Å². The molecule has 0 aliphatic carbocycles. The third-order valence-corrected chi connectivity index (χ3v) is 5.12. The Morgan fingerprint density at radius 2 is 2.15 bits per heavy atom. The van der Waals surface area contributed by atoms with Gasteiger partial charge in [0, 0.05) is 0 Å². The van der Waals surface area contributed by atoms with Gasteiger partial charge in [0.2, 0.25) is 0 Å². The predicted molar refractivity (Wildman–Crippen MR) is 95.4 cm³/mol. The lowest BCUT2D eigenvalue weighted by atomic mass is 10.1. The van der Waals surface area contributed by atoms with Crippen molar-refractivity contribution in [1.29, 1.82) is 0 Å². The van der Waals surface area contributed by atoms with E-state index in [1.54, 1.807) is 0 Å². The third kappa shape index (κ3) is 5.25. The second-order valence-electron chi connectivity index (χ2n) is 5.87. The number of hydrogen-bond donors (Lipinski definition) is 2. The van der Waals surface area contributed by atoms with Gasteiger partial charge in [-0.15, -0.1) is 10.1 Å². The van der Waals surface area contributed by atoms with Crippen LogP contribution in [-0.2, 0) is 11.3 Å². The molecular formula is C16H21N3O6S. The Bertz CT molecular complexity index is 644. The van der Waals surface area contributed by atoms with Crippen LogP contribution in [0.2, 0.25) is 0 Å². The molecule has 0 bridgehead atoms. The lowest BCUT2D eigenvalue weighted by molar-refractivity contribution is -0.758. The van der Waals surface area contributed by atoms with Gasteiger partial charge >= 0.3 is 6.09 Å². The van der Waals surface area contributed by atoms with E-state index < -0.39 is 23.4 Å². The van der Waals surface area contributed by atoms with Crippen molar-refractivity contribution < 1.29 is 24.6 Å². The molecule has 1 fully saturated rings. The number of nitrogens with one attached hydrogen (secondary N) is 1. The average Bonchev–Trinajstić information content (AvgIpc) is 2.93. The standard InChI is InChI=1S/C16H21N3O6S/c1-2-6-12(10-25-19(23)24)18(16(21)22)14-13(26-15(20)17-14)9-11-7-4-3-5-8-11/h3-5,7-8,12-14H,2,6,9-10H2,1H3,(H,17,20)(H,21,22)/t12-,13?,14+/m0/s1. The first-order valence-corrected chi connectivity index (χ1v) is 9.10. The van der Waals surface area contributed by atoms with E-state index >= 15 is 0 Å². The summed E-state index contributed by atoms with van der Waals surface area (Å²) in [5.74, 6) is 0. The molecule has 142 valence electrons. The van der Waals surface area contributed by atoms with Crippen LogP contribution in [0.15, 0.2) is 30.3 Å². The Balaban J connectivity index is 2.22. The Kier molecular flexibility index (Phi) is 7.07. The summed E-state index contributed by atoms with van der Waals surface area (Å²) in [7, 11) is 0. The Morgan fingerprint density at radius 1 is 1.46 bits per heavy atom. The van der Waals surface area contributed by atoms with Crippen molar-refractivity contribution in [3.8, 4) is 0 Å². The monoisotopic (exact) mass is 383 g/mol. The molecule has 1 aliphatic heterocycles. The van der Waals surface area contributed by atoms with Crippen LogP contribution in [0.25, 0.3) is 0 Å². The van der Waals surface area contributed by atoms with Crippen molar-refractivity contribution in [3.05, 3.63) is 46.0 Å². The highest BCUT2D eigenvalue weighted by Crippen LogP contribution is 2.30. The van der Waals surface area contributed by atoms with E-state index in [0.717, 1.165) is 22.2 Å². The second-order valence-corrected chi connectivity index (χ2v) is 7.09. The predicted octanol–water partition coefficient (Wildman–Crippen LogP) is 2.74. The summed E-state index contributed by atoms with van der Waals surface area (Å²) in [5, 5.41) is 21.3. The van der Waals surface area contributed by atoms with Crippen molar-refractivity contribution in [2.75, 3.05) is 6.61 Å². The highest BCUT2D eigenvalue weighted by Gasteiger charge is 2.42. The van der Waals surface area contributed by atoms with Crippen LogP contribution >= 0.6 is 11.8 Å². The summed E-state index contributed by atoms with van der Waals surface area (Å²) >= 11 is 1.04. The molecular weight excluding hydrogens is 362 g/mol. The van der Waals surface area contributed by atoms with Crippen molar-refractivity contribution >= 4 is 23.1 Å². The van der Waals surface area contributed by atoms with Crippen LogP contribution in [0.5, 0.6) is 0 Å². The van der Waals surface area contributed by atoms with Gasteiger partial charge in [-0.3, -0.25) is 9.69 Å². The number of thioether (sulfide) groups is 1. The zero-order valence-corrected chi connectivity index (χ0v) is 15.1. The van der Waals surface area contributed by atoms with Gasteiger partial charge in [-0.05, 0) is 18.4 Å². The fourth-order valence-corrected chi connectivity index (χ4v) is 4.05. The fourth-order valence-electron chi connectivity index (χ4n) is 2.98. The molecule has 1 heterocycles. The van der Waals surface area contributed by atoms with Crippen molar-refractivity contribution in [2.24, 2.45) is 0 Å². The number of benzene rings is 1. The maximum Gasteiger partial charge on any atom is 0.409 e. The molecule has 2 N–H and O–H groups in total.